The van der Waals surface area contributed by atoms with E-state index in [0.717, 1.165) is 27.1 Å². The maximum Gasteiger partial charge on any atom is 0.238 e. The highest BCUT2D eigenvalue weighted by Crippen LogP contribution is 2.37. The van der Waals surface area contributed by atoms with E-state index in [1.165, 1.54) is 29.0 Å². The minimum Gasteiger partial charge on any atom is -0.288 e. The van der Waals surface area contributed by atoms with Crippen LogP contribution in [0.1, 0.15) is 19.4 Å². The lowest BCUT2D eigenvalue weighted by molar-refractivity contribution is 0.598. The van der Waals surface area contributed by atoms with Crippen LogP contribution >= 0.6 is 11.3 Å². The first-order chi connectivity index (χ1) is 14.7. The number of hydrogen-bond acceptors (Lipinski definition) is 4. The van der Waals surface area contributed by atoms with E-state index in [4.69, 9.17) is 5.14 Å². The zero-order chi connectivity index (χ0) is 22.2. The normalized spacial score (nSPS) is 11.9. The summed E-state index contributed by atoms with van der Waals surface area (Å²) < 4.78 is 24.2. The Bertz CT molecular complexity index is 1400. The predicted molar refractivity (Wildman–Crippen MR) is 129 cm³/mol. The third-order valence-electron chi connectivity index (χ3n) is 5.13. The Morgan fingerprint density at radius 3 is 2.10 bits per heavy atom. The minimum atomic E-state index is -3.78. The molecule has 0 spiro atoms. The first-order valence-corrected chi connectivity index (χ1v) is 12.4. The van der Waals surface area contributed by atoms with E-state index in [0.29, 0.717) is 16.9 Å². The van der Waals surface area contributed by atoms with Gasteiger partial charge in [-0.2, -0.15) is 0 Å². The van der Waals surface area contributed by atoms with Crippen molar-refractivity contribution in [3.05, 3.63) is 88.6 Å². The number of rotatable bonds is 5. The average Bonchev–Trinajstić information content (AvgIpc) is 2.74. The largest absolute Gasteiger partial charge is 0.288 e. The fourth-order valence-electron chi connectivity index (χ4n) is 3.68. The van der Waals surface area contributed by atoms with Crippen LogP contribution in [0.4, 0.5) is 0 Å². The van der Waals surface area contributed by atoms with E-state index in [-0.39, 0.29) is 10.3 Å². The van der Waals surface area contributed by atoms with Crippen molar-refractivity contribution in [1.82, 2.24) is 0 Å². The molecular weight excluding hydrogens is 426 g/mol. The molecule has 3 aromatic carbocycles. The Labute approximate surface area is 186 Å². The van der Waals surface area contributed by atoms with Crippen LogP contribution in [-0.2, 0) is 16.4 Å². The molecule has 0 atom stereocenters. The second kappa shape index (κ2) is 8.38. The molecule has 158 valence electrons. The summed E-state index contributed by atoms with van der Waals surface area (Å²) in [6.07, 6.45) is 0.979. The molecule has 0 unspecified atom stereocenters. The van der Waals surface area contributed by atoms with Gasteiger partial charge in [-0.15, -0.1) is 11.3 Å². The van der Waals surface area contributed by atoms with Gasteiger partial charge in [0.15, 0.2) is 5.43 Å². The summed E-state index contributed by atoms with van der Waals surface area (Å²) in [5, 5.41) is 5.92. The van der Waals surface area contributed by atoms with Crippen LogP contribution in [0.5, 0.6) is 0 Å². The van der Waals surface area contributed by atoms with Crippen LogP contribution in [0.25, 0.3) is 31.7 Å². The fourth-order valence-corrected chi connectivity index (χ4v) is 5.40. The third-order valence-corrected chi connectivity index (χ3v) is 7.28. The smallest absolute Gasteiger partial charge is 0.238 e. The molecule has 0 aliphatic rings. The van der Waals surface area contributed by atoms with Crippen molar-refractivity contribution in [1.29, 1.82) is 0 Å². The van der Waals surface area contributed by atoms with E-state index in [2.05, 4.69) is 26.0 Å². The average molecular weight is 450 g/mol. The van der Waals surface area contributed by atoms with Crippen LogP contribution in [0.3, 0.4) is 0 Å². The Kier molecular flexibility index (Phi) is 5.79. The molecule has 0 radical (unpaired) electrons. The number of fused-ring (bicyclic) bond motifs is 1. The Balaban J connectivity index is 1.93. The molecule has 0 aliphatic heterocycles. The molecule has 0 saturated heterocycles. The number of primary sulfonamides is 1. The van der Waals surface area contributed by atoms with Gasteiger partial charge in [-0.1, -0.05) is 62.4 Å². The molecule has 0 saturated carbocycles. The first-order valence-electron chi connectivity index (χ1n) is 10.0. The second-order valence-electron chi connectivity index (χ2n) is 8.00. The highest BCUT2D eigenvalue weighted by Gasteiger charge is 2.17. The quantitative estimate of drug-likeness (QED) is 0.441. The summed E-state index contributed by atoms with van der Waals surface area (Å²) in [4.78, 5) is 14.4. The molecule has 4 nitrogen and oxygen atoms in total. The number of hydrogen-bond donors (Lipinski definition) is 1. The van der Waals surface area contributed by atoms with E-state index < -0.39 is 10.0 Å². The van der Waals surface area contributed by atoms with Crippen molar-refractivity contribution < 1.29 is 8.42 Å². The van der Waals surface area contributed by atoms with Gasteiger partial charge >= 0.3 is 0 Å². The van der Waals surface area contributed by atoms with Crippen LogP contribution in [0.2, 0.25) is 0 Å². The summed E-state index contributed by atoms with van der Waals surface area (Å²) in [5.74, 6) is 0.553. The molecular formula is C25H23NO3S2. The zero-order valence-electron chi connectivity index (χ0n) is 17.3. The van der Waals surface area contributed by atoms with Crippen LogP contribution in [-0.4, -0.2) is 8.42 Å². The molecule has 31 heavy (non-hydrogen) atoms. The highest BCUT2D eigenvalue weighted by atomic mass is 32.2. The van der Waals surface area contributed by atoms with Crippen molar-refractivity contribution in [3.63, 3.8) is 0 Å². The molecule has 4 rings (SSSR count). The molecule has 4 aromatic rings. The van der Waals surface area contributed by atoms with Crippen LogP contribution < -0.4 is 10.6 Å². The lowest BCUT2D eigenvalue weighted by Crippen LogP contribution is -2.11. The first kappa shape index (κ1) is 21.4. The summed E-state index contributed by atoms with van der Waals surface area (Å²) in [6.45, 7) is 4.36. The molecule has 0 amide bonds. The van der Waals surface area contributed by atoms with Crippen LogP contribution in [0, 0.1) is 5.92 Å². The topological polar surface area (TPSA) is 77.2 Å². The Hall–Kier alpha value is -2.80. The third kappa shape index (κ3) is 4.46. The van der Waals surface area contributed by atoms with Gasteiger partial charge in [0.1, 0.15) is 0 Å². The van der Waals surface area contributed by atoms with Crippen molar-refractivity contribution in [2.45, 2.75) is 25.2 Å². The molecule has 2 N–H and O–H groups in total. The molecule has 0 aliphatic carbocycles. The maximum absolute atomic E-state index is 13.5. The summed E-state index contributed by atoms with van der Waals surface area (Å²) in [6, 6.07) is 22.1. The Morgan fingerprint density at radius 1 is 0.871 bits per heavy atom. The zero-order valence-corrected chi connectivity index (χ0v) is 19.0. The van der Waals surface area contributed by atoms with E-state index in [1.54, 1.807) is 12.1 Å². The summed E-state index contributed by atoms with van der Waals surface area (Å²) in [5.41, 5.74) is 3.46. The fraction of sp³-hybridized carbons (Fsp3) is 0.160. The van der Waals surface area contributed by atoms with Crippen molar-refractivity contribution in [2.24, 2.45) is 11.1 Å². The van der Waals surface area contributed by atoms with Gasteiger partial charge in [-0.3, -0.25) is 4.79 Å². The lowest BCUT2D eigenvalue weighted by atomic mass is 9.97. The molecule has 0 fully saturated rings. The van der Waals surface area contributed by atoms with E-state index in [1.807, 2.05) is 36.4 Å². The van der Waals surface area contributed by atoms with Crippen molar-refractivity contribution >= 4 is 31.4 Å². The molecule has 1 aromatic heterocycles. The van der Waals surface area contributed by atoms with Gasteiger partial charge < -0.3 is 0 Å². The van der Waals surface area contributed by atoms with Gasteiger partial charge in [-0.05, 0) is 53.3 Å². The Morgan fingerprint density at radius 2 is 1.48 bits per heavy atom. The summed E-state index contributed by atoms with van der Waals surface area (Å²) in [7, 11) is -3.78. The maximum atomic E-state index is 13.5. The molecule has 0 bridgehead atoms. The monoisotopic (exact) mass is 449 g/mol. The highest BCUT2D eigenvalue weighted by molar-refractivity contribution is 7.89. The van der Waals surface area contributed by atoms with Crippen LogP contribution in [0.15, 0.2) is 82.5 Å². The number of nitrogens with two attached hydrogens (primary N) is 1. The summed E-state index contributed by atoms with van der Waals surface area (Å²) >= 11 is 1.52. The molecule has 1 heterocycles. The SMILES string of the molecule is CC(C)Cc1ccc(-c2c(-c3ccc(S(N)(=O)=O)cc3)sc3ccccc3c2=O)cc1. The predicted octanol–water partition coefficient (Wildman–Crippen LogP) is 5.44. The molecule has 6 heteroatoms. The number of benzene rings is 3. The number of sulfonamides is 1. The van der Waals surface area contributed by atoms with Gasteiger partial charge in [0, 0.05) is 20.5 Å². The van der Waals surface area contributed by atoms with Gasteiger partial charge in [0.2, 0.25) is 10.0 Å². The lowest BCUT2D eigenvalue weighted by Gasteiger charge is -2.12. The van der Waals surface area contributed by atoms with Gasteiger partial charge in [0.25, 0.3) is 0 Å². The van der Waals surface area contributed by atoms with Crippen molar-refractivity contribution in [2.75, 3.05) is 0 Å². The standard InChI is InChI=1S/C25H23NO3S2/c1-16(2)15-17-7-9-18(10-8-17)23-24(27)21-5-3-4-6-22(21)30-25(23)19-11-13-20(14-12-19)31(26,28)29/h3-14,16H,15H2,1-2H3,(H2,26,28,29). The minimum absolute atomic E-state index is 0.0310. The van der Waals surface area contributed by atoms with E-state index in [9.17, 15) is 13.2 Å². The van der Waals surface area contributed by atoms with Crippen molar-refractivity contribution in [3.8, 4) is 21.6 Å². The van der Waals surface area contributed by atoms with Gasteiger partial charge in [0.05, 0.1) is 4.90 Å². The van der Waals surface area contributed by atoms with E-state index >= 15 is 0 Å². The van der Waals surface area contributed by atoms with Gasteiger partial charge in [-0.25, -0.2) is 13.6 Å². The second-order valence-corrected chi connectivity index (χ2v) is 10.6.